The quantitative estimate of drug-likeness (QED) is 0.754. The summed E-state index contributed by atoms with van der Waals surface area (Å²) < 4.78 is 7.76. The van der Waals surface area contributed by atoms with Crippen molar-refractivity contribution in [3.05, 3.63) is 24.3 Å². The fourth-order valence-corrected chi connectivity index (χ4v) is 2.14. The van der Waals surface area contributed by atoms with Gasteiger partial charge in [0.25, 0.3) is 0 Å². The van der Waals surface area contributed by atoms with Gasteiger partial charge in [-0.1, -0.05) is 13.3 Å². The number of nitrogens with one attached hydrogen (secondary N) is 1. The van der Waals surface area contributed by atoms with Crippen LogP contribution in [0.15, 0.2) is 24.3 Å². The Morgan fingerprint density at radius 2 is 1.86 bits per heavy atom. The summed E-state index contributed by atoms with van der Waals surface area (Å²) in [6.45, 7) is 8.74. The minimum atomic E-state index is 0.769. The highest BCUT2D eigenvalue weighted by Gasteiger charge is 2.11. The molecule has 5 heteroatoms. The molecular weight excluding hydrogens is 264 g/mol. The SMILES string of the molecule is CCCCOc1ccc(-c2nnc(NCC)n2CC)cc1. The Bertz CT molecular complexity index is 548. The zero-order chi connectivity index (χ0) is 15.1. The van der Waals surface area contributed by atoms with Crippen LogP contribution in [0.3, 0.4) is 0 Å². The van der Waals surface area contributed by atoms with Crippen LogP contribution in [-0.4, -0.2) is 27.9 Å². The Morgan fingerprint density at radius 1 is 1.10 bits per heavy atom. The van der Waals surface area contributed by atoms with Gasteiger partial charge in [-0.05, 0) is 44.5 Å². The molecule has 0 fully saturated rings. The molecule has 0 unspecified atom stereocenters. The minimum absolute atomic E-state index is 0.769. The summed E-state index contributed by atoms with van der Waals surface area (Å²) in [7, 11) is 0. The number of anilines is 1. The number of aromatic nitrogens is 3. The fraction of sp³-hybridized carbons (Fsp3) is 0.500. The second-order valence-corrected chi connectivity index (χ2v) is 4.85. The van der Waals surface area contributed by atoms with Gasteiger partial charge in [-0.25, -0.2) is 0 Å². The lowest BCUT2D eigenvalue weighted by Gasteiger charge is -2.09. The topological polar surface area (TPSA) is 52.0 Å². The molecule has 5 nitrogen and oxygen atoms in total. The van der Waals surface area contributed by atoms with E-state index < -0.39 is 0 Å². The number of unbranched alkanes of at least 4 members (excludes halogenated alkanes) is 1. The van der Waals surface area contributed by atoms with E-state index in [-0.39, 0.29) is 0 Å². The first kappa shape index (κ1) is 15.4. The van der Waals surface area contributed by atoms with Crippen LogP contribution in [0.5, 0.6) is 5.75 Å². The molecule has 2 rings (SSSR count). The summed E-state index contributed by atoms with van der Waals surface area (Å²) in [4.78, 5) is 0. The van der Waals surface area contributed by atoms with Gasteiger partial charge in [-0.3, -0.25) is 4.57 Å². The summed E-state index contributed by atoms with van der Waals surface area (Å²) in [5, 5.41) is 11.7. The second kappa shape index (κ2) is 7.67. The summed E-state index contributed by atoms with van der Waals surface area (Å²) in [6.07, 6.45) is 2.23. The molecule has 0 saturated heterocycles. The molecule has 0 saturated carbocycles. The lowest BCUT2D eigenvalue weighted by atomic mass is 10.2. The molecule has 1 aromatic heterocycles. The number of rotatable bonds is 8. The maximum Gasteiger partial charge on any atom is 0.224 e. The molecule has 0 spiro atoms. The number of benzene rings is 1. The molecule has 0 bridgehead atoms. The van der Waals surface area contributed by atoms with E-state index in [2.05, 4.69) is 40.9 Å². The Balaban J connectivity index is 2.14. The average Bonchev–Trinajstić information content (AvgIpc) is 2.91. The molecule has 2 aromatic rings. The lowest BCUT2D eigenvalue weighted by Crippen LogP contribution is -2.06. The molecular formula is C16H24N4O. The standard InChI is InChI=1S/C16H24N4O/c1-4-7-12-21-14-10-8-13(9-11-14)15-18-19-16(17-5-2)20(15)6-3/h8-11H,4-7,12H2,1-3H3,(H,17,19). The monoisotopic (exact) mass is 288 g/mol. The Hall–Kier alpha value is -2.04. The maximum atomic E-state index is 5.68. The molecule has 0 aliphatic heterocycles. The summed E-state index contributed by atoms with van der Waals surface area (Å²) >= 11 is 0. The van der Waals surface area contributed by atoms with Gasteiger partial charge in [0, 0.05) is 18.7 Å². The van der Waals surface area contributed by atoms with E-state index in [1.54, 1.807) is 0 Å². The predicted octanol–water partition coefficient (Wildman–Crippen LogP) is 3.58. The third-order valence-corrected chi connectivity index (χ3v) is 3.28. The van der Waals surface area contributed by atoms with Gasteiger partial charge in [0.1, 0.15) is 5.75 Å². The van der Waals surface area contributed by atoms with E-state index in [1.807, 2.05) is 24.3 Å². The van der Waals surface area contributed by atoms with Crippen molar-refractivity contribution in [3.63, 3.8) is 0 Å². The Kier molecular flexibility index (Phi) is 5.60. The van der Waals surface area contributed by atoms with Gasteiger partial charge in [0.2, 0.25) is 5.95 Å². The molecule has 21 heavy (non-hydrogen) atoms. The van der Waals surface area contributed by atoms with E-state index in [0.717, 1.165) is 55.6 Å². The van der Waals surface area contributed by atoms with Crippen molar-refractivity contribution < 1.29 is 4.74 Å². The Morgan fingerprint density at radius 3 is 2.48 bits per heavy atom. The highest BCUT2D eigenvalue weighted by atomic mass is 16.5. The first-order valence-electron chi connectivity index (χ1n) is 7.70. The average molecular weight is 288 g/mol. The molecule has 114 valence electrons. The molecule has 1 N–H and O–H groups in total. The third kappa shape index (κ3) is 3.74. The summed E-state index contributed by atoms with van der Waals surface area (Å²) in [5.41, 5.74) is 1.05. The van der Waals surface area contributed by atoms with Crippen molar-refractivity contribution in [2.45, 2.75) is 40.2 Å². The van der Waals surface area contributed by atoms with Crippen LogP contribution in [0, 0.1) is 0 Å². The van der Waals surface area contributed by atoms with Crippen molar-refractivity contribution in [3.8, 4) is 17.1 Å². The smallest absolute Gasteiger partial charge is 0.224 e. The molecule has 1 heterocycles. The first-order chi connectivity index (χ1) is 10.3. The van der Waals surface area contributed by atoms with Crippen molar-refractivity contribution in [1.82, 2.24) is 14.8 Å². The van der Waals surface area contributed by atoms with Gasteiger partial charge in [0.05, 0.1) is 6.61 Å². The summed E-state index contributed by atoms with van der Waals surface area (Å²) in [6, 6.07) is 8.06. The largest absolute Gasteiger partial charge is 0.494 e. The van der Waals surface area contributed by atoms with E-state index in [4.69, 9.17) is 4.74 Å². The third-order valence-electron chi connectivity index (χ3n) is 3.28. The first-order valence-corrected chi connectivity index (χ1v) is 7.70. The van der Waals surface area contributed by atoms with Gasteiger partial charge in [-0.2, -0.15) is 0 Å². The highest BCUT2D eigenvalue weighted by molar-refractivity contribution is 5.58. The van der Waals surface area contributed by atoms with E-state index in [9.17, 15) is 0 Å². The lowest BCUT2D eigenvalue weighted by molar-refractivity contribution is 0.309. The van der Waals surface area contributed by atoms with E-state index >= 15 is 0 Å². The van der Waals surface area contributed by atoms with Crippen molar-refractivity contribution in [2.75, 3.05) is 18.5 Å². The van der Waals surface area contributed by atoms with Crippen molar-refractivity contribution in [1.29, 1.82) is 0 Å². The zero-order valence-electron chi connectivity index (χ0n) is 13.1. The number of hydrogen-bond acceptors (Lipinski definition) is 4. The molecule has 0 radical (unpaired) electrons. The van der Waals surface area contributed by atoms with Crippen molar-refractivity contribution >= 4 is 5.95 Å². The second-order valence-electron chi connectivity index (χ2n) is 4.85. The van der Waals surface area contributed by atoms with Gasteiger partial charge in [0.15, 0.2) is 5.82 Å². The fourth-order valence-electron chi connectivity index (χ4n) is 2.14. The maximum absolute atomic E-state index is 5.68. The Labute approximate surface area is 126 Å². The molecule has 0 aliphatic carbocycles. The molecule has 0 amide bonds. The molecule has 0 aliphatic rings. The van der Waals surface area contributed by atoms with Crippen molar-refractivity contribution in [2.24, 2.45) is 0 Å². The number of nitrogens with zero attached hydrogens (tertiary/aromatic N) is 3. The minimum Gasteiger partial charge on any atom is -0.494 e. The van der Waals surface area contributed by atoms with Crippen LogP contribution in [-0.2, 0) is 6.54 Å². The normalized spacial score (nSPS) is 10.6. The van der Waals surface area contributed by atoms with Crippen LogP contribution < -0.4 is 10.1 Å². The predicted molar refractivity (Wildman–Crippen MR) is 85.7 cm³/mol. The van der Waals surface area contributed by atoms with Gasteiger partial charge >= 0.3 is 0 Å². The van der Waals surface area contributed by atoms with E-state index in [0.29, 0.717) is 0 Å². The number of hydrogen-bond donors (Lipinski definition) is 1. The van der Waals surface area contributed by atoms with Crippen LogP contribution >= 0.6 is 0 Å². The zero-order valence-corrected chi connectivity index (χ0v) is 13.1. The van der Waals surface area contributed by atoms with Crippen LogP contribution in [0.1, 0.15) is 33.6 Å². The van der Waals surface area contributed by atoms with Crippen LogP contribution in [0.4, 0.5) is 5.95 Å². The van der Waals surface area contributed by atoms with E-state index in [1.165, 1.54) is 0 Å². The summed E-state index contributed by atoms with van der Waals surface area (Å²) in [5.74, 6) is 2.61. The highest BCUT2D eigenvalue weighted by Crippen LogP contribution is 2.23. The van der Waals surface area contributed by atoms with Gasteiger partial charge < -0.3 is 10.1 Å². The van der Waals surface area contributed by atoms with Crippen LogP contribution in [0.25, 0.3) is 11.4 Å². The molecule has 1 aromatic carbocycles. The number of ether oxygens (including phenoxy) is 1. The molecule has 0 atom stereocenters. The van der Waals surface area contributed by atoms with Crippen LogP contribution in [0.2, 0.25) is 0 Å². The van der Waals surface area contributed by atoms with Gasteiger partial charge in [-0.15, -0.1) is 10.2 Å².